The Morgan fingerprint density at radius 2 is 2.15 bits per heavy atom. The molecule has 1 aromatic carbocycles. The van der Waals surface area contributed by atoms with Gasteiger partial charge in [-0.1, -0.05) is 13.3 Å². The highest BCUT2D eigenvalue weighted by Crippen LogP contribution is 2.31. The molecule has 4 heteroatoms. The maximum atomic E-state index is 14.0. The van der Waals surface area contributed by atoms with E-state index in [1.165, 1.54) is 18.6 Å². The molecule has 20 heavy (non-hydrogen) atoms. The van der Waals surface area contributed by atoms with Crippen molar-refractivity contribution in [2.24, 2.45) is 5.73 Å². The van der Waals surface area contributed by atoms with Crippen molar-refractivity contribution in [3.8, 4) is 0 Å². The van der Waals surface area contributed by atoms with Gasteiger partial charge >= 0.3 is 0 Å². The van der Waals surface area contributed by atoms with Crippen molar-refractivity contribution in [1.29, 1.82) is 0 Å². The summed E-state index contributed by atoms with van der Waals surface area (Å²) in [6, 6.07) is 3.91. The fraction of sp³-hybridized carbons (Fsp3) is 0.625. The van der Waals surface area contributed by atoms with E-state index in [4.69, 9.17) is 5.73 Å². The molecule has 0 spiro atoms. The third-order valence-corrected chi connectivity index (χ3v) is 4.25. The van der Waals surface area contributed by atoms with Gasteiger partial charge in [-0.05, 0) is 56.1 Å². The number of halogens is 2. The van der Waals surface area contributed by atoms with Gasteiger partial charge in [0.1, 0.15) is 11.6 Å². The highest BCUT2D eigenvalue weighted by Gasteiger charge is 2.31. The molecule has 0 saturated carbocycles. The van der Waals surface area contributed by atoms with Crippen LogP contribution in [-0.2, 0) is 0 Å². The molecule has 1 heterocycles. The first-order valence-electron chi connectivity index (χ1n) is 7.56. The summed E-state index contributed by atoms with van der Waals surface area (Å²) in [5, 5.41) is 0. The fourth-order valence-corrected chi connectivity index (χ4v) is 3.33. The standard InChI is InChI=1S/C16H24F2N2/c1-2-8-20-9-4-3-5-16(20)14(11-19)13-10-12(17)6-7-15(13)18/h6-7,10,14,16H,2-5,8-9,11,19H2,1H3. The quantitative estimate of drug-likeness (QED) is 0.898. The highest BCUT2D eigenvalue weighted by molar-refractivity contribution is 5.25. The van der Waals surface area contributed by atoms with E-state index in [1.807, 2.05) is 0 Å². The van der Waals surface area contributed by atoms with Crippen LogP contribution in [-0.4, -0.2) is 30.6 Å². The molecule has 0 aliphatic carbocycles. The molecule has 2 nitrogen and oxygen atoms in total. The molecule has 2 atom stereocenters. The Morgan fingerprint density at radius 3 is 2.85 bits per heavy atom. The molecular weight excluding hydrogens is 258 g/mol. The Bertz CT molecular complexity index is 434. The van der Waals surface area contributed by atoms with E-state index in [0.29, 0.717) is 12.1 Å². The number of benzene rings is 1. The first-order chi connectivity index (χ1) is 9.67. The van der Waals surface area contributed by atoms with E-state index in [2.05, 4.69) is 11.8 Å². The number of likely N-dealkylation sites (tertiary alicyclic amines) is 1. The number of rotatable bonds is 5. The minimum Gasteiger partial charge on any atom is -0.330 e. The molecule has 0 radical (unpaired) electrons. The zero-order chi connectivity index (χ0) is 14.5. The van der Waals surface area contributed by atoms with Crippen molar-refractivity contribution in [2.75, 3.05) is 19.6 Å². The average Bonchev–Trinajstić information content (AvgIpc) is 2.45. The first-order valence-corrected chi connectivity index (χ1v) is 7.56. The fourth-order valence-electron chi connectivity index (χ4n) is 3.33. The number of hydrogen-bond acceptors (Lipinski definition) is 2. The van der Waals surface area contributed by atoms with Gasteiger partial charge < -0.3 is 5.73 Å². The SMILES string of the molecule is CCCN1CCCCC1C(CN)c1cc(F)ccc1F. The molecule has 2 N–H and O–H groups in total. The van der Waals surface area contributed by atoms with Gasteiger partial charge in [0.2, 0.25) is 0 Å². The van der Waals surface area contributed by atoms with Crippen molar-refractivity contribution in [3.63, 3.8) is 0 Å². The highest BCUT2D eigenvalue weighted by atomic mass is 19.1. The van der Waals surface area contributed by atoms with Crippen LogP contribution in [0, 0.1) is 11.6 Å². The third-order valence-electron chi connectivity index (χ3n) is 4.25. The van der Waals surface area contributed by atoms with Crippen molar-refractivity contribution in [2.45, 2.75) is 44.6 Å². The van der Waals surface area contributed by atoms with Crippen LogP contribution in [0.4, 0.5) is 8.78 Å². The maximum absolute atomic E-state index is 14.0. The lowest BCUT2D eigenvalue weighted by atomic mass is 9.84. The normalized spacial score (nSPS) is 21.9. The van der Waals surface area contributed by atoms with E-state index in [0.717, 1.165) is 38.4 Å². The summed E-state index contributed by atoms with van der Waals surface area (Å²) in [6.07, 6.45) is 4.40. The smallest absolute Gasteiger partial charge is 0.126 e. The van der Waals surface area contributed by atoms with Crippen LogP contribution in [0.2, 0.25) is 0 Å². The van der Waals surface area contributed by atoms with Crippen LogP contribution in [0.3, 0.4) is 0 Å². The second kappa shape index (κ2) is 7.14. The monoisotopic (exact) mass is 282 g/mol. The molecule has 0 amide bonds. The lowest BCUT2D eigenvalue weighted by Crippen LogP contribution is -2.45. The predicted molar refractivity (Wildman–Crippen MR) is 77.7 cm³/mol. The Hall–Kier alpha value is -1.00. The van der Waals surface area contributed by atoms with Crippen molar-refractivity contribution < 1.29 is 8.78 Å². The van der Waals surface area contributed by atoms with Gasteiger partial charge in [-0.2, -0.15) is 0 Å². The summed E-state index contributed by atoms with van der Waals surface area (Å²) in [7, 11) is 0. The van der Waals surface area contributed by atoms with E-state index in [9.17, 15) is 8.78 Å². The molecule has 2 rings (SSSR count). The van der Waals surface area contributed by atoms with Gasteiger partial charge in [-0.15, -0.1) is 0 Å². The zero-order valence-corrected chi connectivity index (χ0v) is 12.1. The van der Waals surface area contributed by atoms with E-state index < -0.39 is 5.82 Å². The van der Waals surface area contributed by atoms with Gasteiger partial charge in [0.05, 0.1) is 0 Å². The van der Waals surface area contributed by atoms with E-state index in [1.54, 1.807) is 0 Å². The van der Waals surface area contributed by atoms with E-state index >= 15 is 0 Å². The summed E-state index contributed by atoms with van der Waals surface area (Å²) < 4.78 is 27.5. The summed E-state index contributed by atoms with van der Waals surface area (Å²) in [6.45, 7) is 4.53. The molecule has 1 fully saturated rings. The van der Waals surface area contributed by atoms with Crippen molar-refractivity contribution in [3.05, 3.63) is 35.4 Å². The van der Waals surface area contributed by atoms with Crippen molar-refractivity contribution >= 4 is 0 Å². The number of nitrogens with zero attached hydrogens (tertiary/aromatic N) is 1. The van der Waals surface area contributed by atoms with Crippen molar-refractivity contribution in [1.82, 2.24) is 4.90 Å². The van der Waals surface area contributed by atoms with Crippen LogP contribution in [0.25, 0.3) is 0 Å². The molecular formula is C16H24F2N2. The number of nitrogens with two attached hydrogens (primary N) is 1. The topological polar surface area (TPSA) is 29.3 Å². The lowest BCUT2D eigenvalue weighted by molar-refractivity contribution is 0.125. The average molecular weight is 282 g/mol. The zero-order valence-electron chi connectivity index (χ0n) is 12.1. The van der Waals surface area contributed by atoms with Crippen LogP contribution in [0.5, 0.6) is 0 Å². The second-order valence-corrected chi connectivity index (χ2v) is 5.61. The summed E-state index contributed by atoms with van der Waals surface area (Å²) in [4.78, 5) is 2.39. The molecule has 1 aliphatic heterocycles. The largest absolute Gasteiger partial charge is 0.330 e. The van der Waals surface area contributed by atoms with Crippen LogP contribution in [0.15, 0.2) is 18.2 Å². The third kappa shape index (κ3) is 3.36. The second-order valence-electron chi connectivity index (χ2n) is 5.61. The Balaban J connectivity index is 2.27. The Morgan fingerprint density at radius 1 is 1.35 bits per heavy atom. The van der Waals surface area contributed by atoms with Crippen LogP contribution >= 0.6 is 0 Å². The first kappa shape index (κ1) is 15.4. The molecule has 0 aromatic heterocycles. The summed E-state index contributed by atoms with van der Waals surface area (Å²) in [5.41, 5.74) is 6.33. The maximum Gasteiger partial charge on any atom is 0.126 e. The number of piperidine rings is 1. The minimum absolute atomic E-state index is 0.127. The van der Waals surface area contributed by atoms with Gasteiger partial charge in [0.15, 0.2) is 0 Å². The summed E-state index contributed by atoms with van der Waals surface area (Å²) in [5.74, 6) is -0.862. The molecule has 0 bridgehead atoms. The molecule has 112 valence electrons. The van der Waals surface area contributed by atoms with Crippen LogP contribution in [0.1, 0.15) is 44.1 Å². The summed E-state index contributed by atoms with van der Waals surface area (Å²) >= 11 is 0. The molecule has 2 unspecified atom stereocenters. The van der Waals surface area contributed by atoms with Gasteiger partial charge in [0.25, 0.3) is 0 Å². The van der Waals surface area contributed by atoms with Crippen LogP contribution < -0.4 is 5.73 Å². The van der Waals surface area contributed by atoms with Gasteiger partial charge in [0, 0.05) is 18.5 Å². The molecule has 1 aliphatic rings. The van der Waals surface area contributed by atoms with Gasteiger partial charge in [-0.3, -0.25) is 4.90 Å². The predicted octanol–water partition coefficient (Wildman–Crippen LogP) is 3.27. The van der Waals surface area contributed by atoms with E-state index in [-0.39, 0.29) is 17.8 Å². The van der Waals surface area contributed by atoms with Gasteiger partial charge in [-0.25, -0.2) is 8.78 Å². The molecule has 1 aromatic rings. The Labute approximate surface area is 120 Å². The molecule has 1 saturated heterocycles. The number of hydrogen-bond donors (Lipinski definition) is 1. The lowest BCUT2D eigenvalue weighted by Gasteiger charge is -2.40. The minimum atomic E-state index is -0.391. The Kier molecular flexibility index (Phi) is 5.49.